The van der Waals surface area contributed by atoms with Crippen molar-refractivity contribution in [2.24, 2.45) is 9.98 Å². The second-order valence-corrected chi connectivity index (χ2v) is 3.16. The summed E-state index contributed by atoms with van der Waals surface area (Å²) in [5.41, 5.74) is 3.78. The average Bonchev–Trinajstić information content (AvgIpc) is 2.20. The van der Waals surface area contributed by atoms with Crippen molar-refractivity contribution in [3.05, 3.63) is 36.1 Å². The summed E-state index contributed by atoms with van der Waals surface area (Å²) in [5, 5.41) is 0. The molecule has 0 rings (SSSR count). The Hall–Kier alpha value is -1.44. The molecular formula is C13H20N2. The first-order chi connectivity index (χ1) is 7.12. The van der Waals surface area contributed by atoms with Crippen LogP contribution < -0.4 is 0 Å². The molecule has 82 valence electrons. The molecule has 0 bridgehead atoms. The number of aliphatic imine (C=N–C) groups is 2. The molecule has 0 aromatic carbocycles. The van der Waals surface area contributed by atoms with Crippen molar-refractivity contribution < 1.29 is 0 Å². The predicted molar refractivity (Wildman–Crippen MR) is 69.9 cm³/mol. The summed E-state index contributed by atoms with van der Waals surface area (Å²) in [6.07, 6.45) is 4.40. The molecule has 2 heteroatoms. The molecule has 15 heavy (non-hydrogen) atoms. The van der Waals surface area contributed by atoms with Gasteiger partial charge in [-0.15, -0.1) is 0 Å². The number of rotatable bonds is 5. The van der Waals surface area contributed by atoms with Gasteiger partial charge in [-0.2, -0.15) is 0 Å². The third-order valence-electron chi connectivity index (χ3n) is 2.06. The summed E-state index contributed by atoms with van der Waals surface area (Å²) < 4.78 is 0. The molecule has 0 saturated carbocycles. The molecule has 0 N–H and O–H groups in total. The zero-order valence-corrected chi connectivity index (χ0v) is 10.2. The fourth-order valence-corrected chi connectivity index (χ4v) is 1.33. The summed E-state index contributed by atoms with van der Waals surface area (Å²) in [5.74, 6) is 0. The fraction of sp³-hybridized carbons (Fsp3) is 0.385. The van der Waals surface area contributed by atoms with E-state index in [1.165, 1.54) is 0 Å². The van der Waals surface area contributed by atoms with Crippen molar-refractivity contribution in [3.8, 4) is 0 Å². The second-order valence-electron chi connectivity index (χ2n) is 3.16. The van der Waals surface area contributed by atoms with Gasteiger partial charge >= 0.3 is 0 Å². The fourth-order valence-electron chi connectivity index (χ4n) is 1.33. The van der Waals surface area contributed by atoms with Crippen molar-refractivity contribution in [3.63, 3.8) is 0 Å². The lowest BCUT2D eigenvalue weighted by Gasteiger charge is -2.09. The molecule has 0 spiro atoms. The van der Waals surface area contributed by atoms with Crippen LogP contribution in [0.15, 0.2) is 46.1 Å². The van der Waals surface area contributed by atoms with Crippen LogP contribution in [-0.4, -0.2) is 19.0 Å². The van der Waals surface area contributed by atoms with E-state index in [0.717, 1.165) is 29.0 Å². The highest BCUT2D eigenvalue weighted by Gasteiger charge is 2.08. The molecule has 0 atom stereocenters. The molecule has 2 nitrogen and oxygen atoms in total. The lowest BCUT2D eigenvalue weighted by atomic mass is 10.0. The van der Waals surface area contributed by atoms with Gasteiger partial charge in [-0.3, -0.25) is 9.98 Å². The molecule has 0 heterocycles. The smallest absolute Gasteiger partial charge is 0.0910 e. The molecular weight excluding hydrogens is 184 g/mol. The molecule has 0 aromatic heterocycles. The molecule has 0 unspecified atom stereocenters. The molecule has 0 aliphatic carbocycles. The highest BCUT2D eigenvalue weighted by molar-refractivity contribution is 6.02. The Morgan fingerprint density at radius 2 is 2.00 bits per heavy atom. The van der Waals surface area contributed by atoms with Crippen LogP contribution in [0.2, 0.25) is 0 Å². The van der Waals surface area contributed by atoms with Crippen molar-refractivity contribution >= 4 is 11.9 Å². The van der Waals surface area contributed by atoms with Gasteiger partial charge in [-0.05, 0) is 25.8 Å². The van der Waals surface area contributed by atoms with E-state index in [1.54, 1.807) is 19.3 Å². The first kappa shape index (κ1) is 13.6. The number of allylic oxidation sites excluding steroid dienone is 4. The quantitative estimate of drug-likeness (QED) is 0.483. The Bertz CT molecular complexity index is 330. The summed E-state index contributed by atoms with van der Waals surface area (Å²) in [6.45, 7) is 13.6. The third-order valence-corrected chi connectivity index (χ3v) is 2.06. The van der Waals surface area contributed by atoms with Crippen LogP contribution in [-0.2, 0) is 0 Å². The van der Waals surface area contributed by atoms with Crippen LogP contribution >= 0.6 is 0 Å². The van der Waals surface area contributed by atoms with Crippen LogP contribution in [0.4, 0.5) is 0 Å². The molecule has 0 aromatic rings. The Kier molecular flexibility index (Phi) is 6.27. The largest absolute Gasteiger partial charge is 0.291 e. The lowest BCUT2D eigenvalue weighted by molar-refractivity contribution is 1.20. The van der Waals surface area contributed by atoms with E-state index < -0.39 is 0 Å². The highest BCUT2D eigenvalue weighted by Crippen LogP contribution is 2.18. The van der Waals surface area contributed by atoms with E-state index in [4.69, 9.17) is 0 Å². The van der Waals surface area contributed by atoms with Gasteiger partial charge in [0.1, 0.15) is 0 Å². The van der Waals surface area contributed by atoms with Crippen LogP contribution in [0.3, 0.4) is 0 Å². The summed E-state index contributed by atoms with van der Waals surface area (Å²) in [6, 6.07) is 0. The van der Waals surface area contributed by atoms with Crippen LogP contribution in [0.1, 0.15) is 27.2 Å². The summed E-state index contributed by atoms with van der Waals surface area (Å²) >= 11 is 0. The Labute approximate surface area is 92.8 Å². The third kappa shape index (κ3) is 3.66. The highest BCUT2D eigenvalue weighted by atomic mass is 14.8. The minimum Gasteiger partial charge on any atom is -0.291 e. The normalized spacial score (nSPS) is 14.0. The number of nitrogens with zero attached hydrogens (tertiary/aromatic N) is 2. The SMILES string of the molecule is C=C/C(C(=C)C)=C(/N=CC)C(CC)=NC. The molecule has 0 saturated heterocycles. The van der Waals surface area contributed by atoms with Gasteiger partial charge in [0.15, 0.2) is 0 Å². The van der Waals surface area contributed by atoms with Gasteiger partial charge in [0, 0.05) is 18.8 Å². The van der Waals surface area contributed by atoms with E-state index in [0.29, 0.717) is 0 Å². The molecule has 0 fully saturated rings. The molecule has 0 aliphatic rings. The Balaban J connectivity index is 5.63. The van der Waals surface area contributed by atoms with Crippen molar-refractivity contribution in [1.82, 2.24) is 0 Å². The van der Waals surface area contributed by atoms with Crippen LogP contribution in [0.5, 0.6) is 0 Å². The van der Waals surface area contributed by atoms with Crippen molar-refractivity contribution in [1.29, 1.82) is 0 Å². The molecule has 0 radical (unpaired) electrons. The van der Waals surface area contributed by atoms with E-state index in [-0.39, 0.29) is 0 Å². The molecule has 0 aliphatic heterocycles. The topological polar surface area (TPSA) is 24.7 Å². The van der Waals surface area contributed by atoms with E-state index in [1.807, 2.05) is 13.8 Å². The lowest BCUT2D eigenvalue weighted by Crippen LogP contribution is -2.03. The maximum atomic E-state index is 4.35. The number of hydrogen-bond donors (Lipinski definition) is 0. The summed E-state index contributed by atoms with van der Waals surface area (Å²) in [7, 11) is 1.78. The predicted octanol–water partition coefficient (Wildman–Crippen LogP) is 3.57. The van der Waals surface area contributed by atoms with Gasteiger partial charge < -0.3 is 0 Å². The standard InChI is InChI=1S/C13H20N2/c1-7-11(10(4)5)13(15-9-3)12(8-2)14-6/h7,9H,1,4,8H2,2-3,5-6H3/b13-11-,14-12?,15-9?. The van der Waals surface area contributed by atoms with Crippen LogP contribution in [0, 0.1) is 0 Å². The minimum atomic E-state index is 0.855. The Morgan fingerprint density at radius 3 is 2.27 bits per heavy atom. The maximum Gasteiger partial charge on any atom is 0.0910 e. The maximum absolute atomic E-state index is 4.35. The minimum absolute atomic E-state index is 0.855. The van der Waals surface area contributed by atoms with Gasteiger partial charge in [0.25, 0.3) is 0 Å². The zero-order valence-electron chi connectivity index (χ0n) is 10.2. The van der Waals surface area contributed by atoms with E-state index in [9.17, 15) is 0 Å². The van der Waals surface area contributed by atoms with E-state index >= 15 is 0 Å². The van der Waals surface area contributed by atoms with Crippen LogP contribution in [0.25, 0.3) is 0 Å². The van der Waals surface area contributed by atoms with Gasteiger partial charge in [-0.25, -0.2) is 0 Å². The first-order valence-electron chi connectivity index (χ1n) is 5.09. The van der Waals surface area contributed by atoms with Crippen molar-refractivity contribution in [2.45, 2.75) is 27.2 Å². The zero-order chi connectivity index (χ0) is 11.8. The summed E-state index contributed by atoms with van der Waals surface area (Å²) in [4.78, 5) is 8.58. The second kappa shape index (κ2) is 6.93. The van der Waals surface area contributed by atoms with Gasteiger partial charge in [0.2, 0.25) is 0 Å². The monoisotopic (exact) mass is 204 g/mol. The number of hydrogen-bond acceptors (Lipinski definition) is 2. The molecule has 0 amide bonds. The van der Waals surface area contributed by atoms with E-state index in [2.05, 4.69) is 30.1 Å². The van der Waals surface area contributed by atoms with Gasteiger partial charge in [-0.1, -0.05) is 26.2 Å². The van der Waals surface area contributed by atoms with Gasteiger partial charge in [0.05, 0.1) is 11.4 Å². The average molecular weight is 204 g/mol. The van der Waals surface area contributed by atoms with Crippen molar-refractivity contribution in [2.75, 3.05) is 7.05 Å². The first-order valence-corrected chi connectivity index (χ1v) is 5.09. The Morgan fingerprint density at radius 1 is 1.40 bits per heavy atom.